The number of carbonyl (C=O) groups excluding carboxylic acids is 1. The van der Waals surface area contributed by atoms with Gasteiger partial charge in [0.2, 0.25) is 5.91 Å². The van der Waals surface area contributed by atoms with Crippen LogP contribution in [-0.2, 0) is 17.8 Å². The first-order chi connectivity index (χ1) is 12.5. The molecule has 0 fully saturated rings. The summed E-state index contributed by atoms with van der Waals surface area (Å²) in [7, 11) is 0. The number of nitrogens with zero attached hydrogens (tertiary/aromatic N) is 3. The molecule has 0 aliphatic rings. The lowest BCUT2D eigenvalue weighted by molar-refractivity contribution is -0.116. The molecule has 26 heavy (non-hydrogen) atoms. The van der Waals surface area contributed by atoms with Gasteiger partial charge < -0.3 is 14.4 Å². The Bertz CT molecular complexity index is 975. The molecule has 1 N–H and O–H groups in total. The Morgan fingerprint density at radius 1 is 1.27 bits per heavy atom. The van der Waals surface area contributed by atoms with Gasteiger partial charge in [-0.15, -0.1) is 0 Å². The van der Waals surface area contributed by atoms with E-state index in [0.29, 0.717) is 23.0 Å². The number of nitrogens with one attached hydrogen (secondary N) is 1. The Hall–Kier alpha value is -3.22. The predicted octanol–water partition coefficient (Wildman–Crippen LogP) is 2.80. The highest BCUT2D eigenvalue weighted by molar-refractivity contribution is 5.90. The number of benzene rings is 1. The van der Waals surface area contributed by atoms with E-state index in [2.05, 4.69) is 15.5 Å². The number of hydrogen-bond acceptors (Lipinski definition) is 5. The smallest absolute Gasteiger partial charge is 0.259 e. The second kappa shape index (κ2) is 7.77. The maximum atomic E-state index is 12.3. The first-order valence-electron chi connectivity index (χ1n) is 8.45. The standard InChI is InChI=1S/C19H20N4O3/c1-3-5-16-21-19(26-22-16)14-8-9-18(25)23(11-14)12-17(24)20-15-7-4-6-13(2)10-15/h4,6-11H,3,5,12H2,1-2H3,(H,20,24). The molecule has 0 bridgehead atoms. The average molecular weight is 352 g/mol. The minimum atomic E-state index is -0.285. The van der Waals surface area contributed by atoms with Crippen molar-refractivity contribution in [3.05, 3.63) is 64.3 Å². The van der Waals surface area contributed by atoms with Crippen LogP contribution in [0.3, 0.4) is 0 Å². The molecule has 7 heteroatoms. The number of rotatable bonds is 6. The van der Waals surface area contributed by atoms with Gasteiger partial charge in [0.15, 0.2) is 5.82 Å². The van der Waals surface area contributed by atoms with Crippen molar-refractivity contribution >= 4 is 11.6 Å². The minimum absolute atomic E-state index is 0.101. The topological polar surface area (TPSA) is 90.0 Å². The van der Waals surface area contributed by atoms with Crippen LogP contribution in [0.1, 0.15) is 24.7 Å². The fourth-order valence-corrected chi connectivity index (χ4v) is 2.56. The van der Waals surface area contributed by atoms with Crippen molar-refractivity contribution in [1.82, 2.24) is 14.7 Å². The summed E-state index contributed by atoms with van der Waals surface area (Å²) in [6.07, 6.45) is 3.20. The van der Waals surface area contributed by atoms with Gasteiger partial charge in [0.05, 0.1) is 5.56 Å². The lowest BCUT2D eigenvalue weighted by atomic mass is 10.2. The quantitative estimate of drug-likeness (QED) is 0.737. The van der Waals surface area contributed by atoms with Gasteiger partial charge in [-0.3, -0.25) is 9.59 Å². The molecule has 0 unspecified atom stereocenters. The van der Waals surface area contributed by atoms with Crippen LogP contribution >= 0.6 is 0 Å². The molecular formula is C19H20N4O3. The second-order valence-electron chi connectivity index (χ2n) is 6.07. The van der Waals surface area contributed by atoms with E-state index < -0.39 is 0 Å². The minimum Gasteiger partial charge on any atom is -0.334 e. The Labute approximate surface area is 150 Å². The van der Waals surface area contributed by atoms with Crippen LogP contribution < -0.4 is 10.9 Å². The normalized spacial score (nSPS) is 10.7. The molecule has 2 aromatic heterocycles. The third-order valence-electron chi connectivity index (χ3n) is 3.79. The molecule has 3 rings (SSSR count). The molecule has 0 atom stereocenters. The summed E-state index contributed by atoms with van der Waals surface area (Å²) in [4.78, 5) is 28.6. The van der Waals surface area contributed by atoms with Crippen molar-refractivity contribution in [3.8, 4) is 11.5 Å². The lowest BCUT2D eigenvalue weighted by Crippen LogP contribution is -2.26. The largest absolute Gasteiger partial charge is 0.334 e. The Morgan fingerprint density at radius 2 is 2.12 bits per heavy atom. The van der Waals surface area contributed by atoms with E-state index >= 15 is 0 Å². The Morgan fingerprint density at radius 3 is 2.88 bits per heavy atom. The molecule has 0 spiro atoms. The fourth-order valence-electron chi connectivity index (χ4n) is 2.56. The molecule has 7 nitrogen and oxygen atoms in total. The molecule has 0 saturated carbocycles. The maximum Gasteiger partial charge on any atom is 0.259 e. The van der Waals surface area contributed by atoms with Crippen molar-refractivity contribution in [2.45, 2.75) is 33.2 Å². The van der Waals surface area contributed by atoms with E-state index in [1.54, 1.807) is 18.3 Å². The van der Waals surface area contributed by atoms with Crippen LogP contribution in [0, 0.1) is 6.92 Å². The number of aromatic nitrogens is 3. The zero-order valence-electron chi connectivity index (χ0n) is 14.7. The van der Waals surface area contributed by atoms with E-state index in [1.807, 2.05) is 32.0 Å². The van der Waals surface area contributed by atoms with Gasteiger partial charge in [-0.2, -0.15) is 4.98 Å². The lowest BCUT2D eigenvalue weighted by Gasteiger charge is -2.08. The highest BCUT2D eigenvalue weighted by Gasteiger charge is 2.11. The van der Waals surface area contributed by atoms with Crippen LogP contribution in [0.4, 0.5) is 5.69 Å². The van der Waals surface area contributed by atoms with Crippen LogP contribution in [0.25, 0.3) is 11.5 Å². The molecule has 0 saturated heterocycles. The van der Waals surface area contributed by atoms with Gasteiger partial charge in [0.1, 0.15) is 6.54 Å². The summed E-state index contributed by atoms with van der Waals surface area (Å²) in [5.41, 5.74) is 2.06. The van der Waals surface area contributed by atoms with Crippen LogP contribution in [0.15, 0.2) is 51.9 Å². The van der Waals surface area contributed by atoms with Crippen LogP contribution in [0.5, 0.6) is 0 Å². The van der Waals surface area contributed by atoms with Crippen molar-refractivity contribution in [2.24, 2.45) is 0 Å². The number of anilines is 1. The summed E-state index contributed by atoms with van der Waals surface area (Å²) in [5, 5.41) is 6.70. The van der Waals surface area contributed by atoms with Gasteiger partial charge >= 0.3 is 0 Å². The second-order valence-corrected chi connectivity index (χ2v) is 6.07. The van der Waals surface area contributed by atoms with E-state index in [1.165, 1.54) is 10.6 Å². The highest BCUT2D eigenvalue weighted by Crippen LogP contribution is 2.16. The average Bonchev–Trinajstić information content (AvgIpc) is 3.06. The number of amides is 1. The molecule has 134 valence electrons. The number of carbonyl (C=O) groups is 1. The molecule has 2 heterocycles. The van der Waals surface area contributed by atoms with Crippen LogP contribution in [-0.4, -0.2) is 20.6 Å². The number of aryl methyl sites for hydroxylation is 2. The van der Waals surface area contributed by atoms with E-state index in [4.69, 9.17) is 4.52 Å². The number of pyridine rings is 1. The van der Waals surface area contributed by atoms with Gasteiger partial charge in [0.25, 0.3) is 11.4 Å². The molecule has 1 aromatic carbocycles. The predicted molar refractivity (Wildman–Crippen MR) is 97.8 cm³/mol. The molecule has 0 aliphatic heterocycles. The number of hydrogen-bond donors (Lipinski definition) is 1. The zero-order chi connectivity index (χ0) is 18.5. The molecule has 0 aliphatic carbocycles. The van der Waals surface area contributed by atoms with E-state index in [-0.39, 0.29) is 18.0 Å². The summed E-state index contributed by atoms with van der Waals surface area (Å²) in [6.45, 7) is 3.88. The first kappa shape index (κ1) is 17.6. The summed E-state index contributed by atoms with van der Waals surface area (Å²) in [6, 6.07) is 10.5. The van der Waals surface area contributed by atoms with E-state index in [9.17, 15) is 9.59 Å². The third-order valence-corrected chi connectivity index (χ3v) is 3.79. The van der Waals surface area contributed by atoms with Gasteiger partial charge in [-0.1, -0.05) is 24.2 Å². The third kappa shape index (κ3) is 4.24. The van der Waals surface area contributed by atoms with Crippen molar-refractivity contribution in [2.75, 3.05) is 5.32 Å². The molecule has 0 radical (unpaired) electrons. The highest BCUT2D eigenvalue weighted by atomic mass is 16.5. The van der Waals surface area contributed by atoms with Gasteiger partial charge in [-0.25, -0.2) is 0 Å². The fraction of sp³-hybridized carbons (Fsp3) is 0.263. The summed E-state index contributed by atoms with van der Waals surface area (Å²) in [5.74, 6) is 0.672. The zero-order valence-corrected chi connectivity index (χ0v) is 14.7. The Balaban J connectivity index is 1.77. The van der Waals surface area contributed by atoms with Crippen molar-refractivity contribution in [1.29, 1.82) is 0 Å². The first-order valence-corrected chi connectivity index (χ1v) is 8.45. The maximum absolute atomic E-state index is 12.3. The van der Waals surface area contributed by atoms with Crippen molar-refractivity contribution in [3.63, 3.8) is 0 Å². The molecule has 3 aromatic rings. The van der Waals surface area contributed by atoms with Gasteiger partial charge in [-0.05, 0) is 37.1 Å². The molecular weight excluding hydrogens is 332 g/mol. The monoisotopic (exact) mass is 352 g/mol. The van der Waals surface area contributed by atoms with Gasteiger partial charge in [0, 0.05) is 24.4 Å². The summed E-state index contributed by atoms with van der Waals surface area (Å²) < 4.78 is 6.56. The Kier molecular flexibility index (Phi) is 5.26. The molecule has 1 amide bonds. The summed E-state index contributed by atoms with van der Waals surface area (Å²) >= 11 is 0. The SMILES string of the molecule is CCCc1noc(-c2ccc(=O)n(CC(=O)Nc3cccc(C)c3)c2)n1. The van der Waals surface area contributed by atoms with Crippen molar-refractivity contribution < 1.29 is 9.32 Å². The van der Waals surface area contributed by atoms with Crippen LogP contribution in [0.2, 0.25) is 0 Å². The van der Waals surface area contributed by atoms with E-state index in [0.717, 1.165) is 18.4 Å².